The minimum Gasteiger partial charge on any atom is -0.497 e. The van der Waals surface area contributed by atoms with Gasteiger partial charge in [-0.25, -0.2) is 15.0 Å². The molecule has 1 fully saturated rings. The van der Waals surface area contributed by atoms with Gasteiger partial charge in [-0.15, -0.1) is 0 Å². The molecule has 4 aromatic rings. The second kappa shape index (κ2) is 7.46. The van der Waals surface area contributed by atoms with Crippen LogP contribution in [0.25, 0.3) is 34.0 Å². The first-order valence-electron chi connectivity index (χ1n) is 9.89. The zero-order chi connectivity index (χ0) is 20.7. The average molecular weight is 405 g/mol. The maximum absolute atomic E-state index is 5.75. The highest BCUT2D eigenvalue weighted by atomic mass is 16.5. The van der Waals surface area contributed by atoms with Crippen LogP contribution in [0.2, 0.25) is 0 Å². The third kappa shape index (κ3) is 3.29. The lowest BCUT2D eigenvalue weighted by molar-refractivity contribution is 0.121. The van der Waals surface area contributed by atoms with E-state index in [1.807, 2.05) is 31.2 Å². The molecule has 30 heavy (non-hydrogen) atoms. The van der Waals surface area contributed by atoms with Crippen LogP contribution in [0.4, 0.5) is 5.69 Å². The lowest BCUT2D eigenvalue weighted by Crippen LogP contribution is -2.22. The van der Waals surface area contributed by atoms with Crippen LogP contribution in [-0.2, 0) is 4.74 Å². The van der Waals surface area contributed by atoms with Crippen LogP contribution in [0.5, 0.6) is 5.75 Å². The molecule has 8 nitrogen and oxygen atoms in total. The van der Waals surface area contributed by atoms with Crippen molar-refractivity contribution in [2.75, 3.05) is 32.2 Å². The Kier molecular flexibility index (Phi) is 4.63. The third-order valence-electron chi connectivity index (χ3n) is 5.49. The summed E-state index contributed by atoms with van der Waals surface area (Å²) in [5, 5.41) is 0. The monoisotopic (exact) mass is 405 g/mol. The number of furan rings is 1. The first-order valence-corrected chi connectivity index (χ1v) is 9.89. The number of methoxy groups -OCH3 is 2. The van der Waals surface area contributed by atoms with E-state index >= 15 is 0 Å². The van der Waals surface area contributed by atoms with Gasteiger partial charge in [-0.1, -0.05) is 0 Å². The molecule has 5 rings (SSSR count). The molecule has 0 amide bonds. The maximum Gasteiger partial charge on any atom is 0.198 e. The Morgan fingerprint density at radius 2 is 2.07 bits per heavy atom. The van der Waals surface area contributed by atoms with E-state index in [1.54, 1.807) is 20.5 Å². The standard InChI is InChI=1S/C22H23N5O3/c1-13-4-5-18(30-13)21-25-19(20-22(26-21)24-12-23-20)14-8-15(10-17(9-14)29-3)27-7-6-16(11-27)28-2/h4-5,8-10,12,16H,6-7,11H2,1-3H3,(H,23,24,25,26). The van der Waals surface area contributed by atoms with Crippen LogP contribution in [0, 0.1) is 6.92 Å². The molecule has 1 atom stereocenters. The number of hydrogen-bond acceptors (Lipinski definition) is 7. The first kappa shape index (κ1) is 18.6. The van der Waals surface area contributed by atoms with Gasteiger partial charge in [-0.3, -0.25) is 0 Å². The Balaban J connectivity index is 1.64. The minimum atomic E-state index is 0.242. The van der Waals surface area contributed by atoms with Crippen LogP contribution in [-0.4, -0.2) is 53.3 Å². The third-order valence-corrected chi connectivity index (χ3v) is 5.49. The van der Waals surface area contributed by atoms with Gasteiger partial charge in [0.25, 0.3) is 0 Å². The number of hydrogen-bond donors (Lipinski definition) is 1. The van der Waals surface area contributed by atoms with Crippen molar-refractivity contribution in [3.8, 4) is 28.6 Å². The largest absolute Gasteiger partial charge is 0.497 e. The molecule has 0 aliphatic carbocycles. The molecule has 1 N–H and O–H groups in total. The molecule has 1 aliphatic heterocycles. The number of fused-ring (bicyclic) bond motifs is 1. The topological polar surface area (TPSA) is 89.3 Å². The summed E-state index contributed by atoms with van der Waals surface area (Å²) in [6.45, 7) is 3.68. The van der Waals surface area contributed by atoms with Gasteiger partial charge in [0.2, 0.25) is 0 Å². The summed E-state index contributed by atoms with van der Waals surface area (Å²) in [7, 11) is 3.44. The minimum absolute atomic E-state index is 0.242. The van der Waals surface area contributed by atoms with Gasteiger partial charge in [-0.05, 0) is 37.6 Å². The fraction of sp³-hybridized carbons (Fsp3) is 0.318. The van der Waals surface area contributed by atoms with Crippen molar-refractivity contribution in [2.45, 2.75) is 19.4 Å². The Morgan fingerprint density at radius 1 is 1.17 bits per heavy atom. The molecule has 1 unspecified atom stereocenters. The van der Waals surface area contributed by atoms with E-state index in [-0.39, 0.29) is 6.10 Å². The Bertz CT molecular complexity index is 1200. The van der Waals surface area contributed by atoms with E-state index < -0.39 is 0 Å². The molecule has 1 saturated heterocycles. The summed E-state index contributed by atoms with van der Waals surface area (Å²) in [4.78, 5) is 19.2. The van der Waals surface area contributed by atoms with Gasteiger partial charge in [-0.2, -0.15) is 0 Å². The van der Waals surface area contributed by atoms with Gasteiger partial charge < -0.3 is 23.8 Å². The average Bonchev–Trinajstić information content (AvgIpc) is 3.52. The van der Waals surface area contributed by atoms with Gasteiger partial charge in [0, 0.05) is 37.5 Å². The molecule has 1 aromatic carbocycles. The van der Waals surface area contributed by atoms with Crippen molar-refractivity contribution >= 4 is 16.9 Å². The second-order valence-corrected chi connectivity index (χ2v) is 7.42. The van der Waals surface area contributed by atoms with E-state index in [0.29, 0.717) is 17.2 Å². The number of rotatable bonds is 5. The number of aromatic nitrogens is 4. The zero-order valence-electron chi connectivity index (χ0n) is 17.2. The second-order valence-electron chi connectivity index (χ2n) is 7.42. The molecule has 0 spiro atoms. The SMILES string of the molecule is COc1cc(-c2nc(-c3ccc(C)o3)nc3nc[nH]c23)cc(N2CCC(OC)C2)c1. The number of anilines is 1. The number of imidazole rings is 1. The van der Waals surface area contributed by atoms with E-state index in [1.165, 1.54) is 0 Å². The predicted molar refractivity (Wildman–Crippen MR) is 114 cm³/mol. The lowest BCUT2D eigenvalue weighted by atomic mass is 10.1. The number of benzene rings is 1. The number of aromatic amines is 1. The van der Waals surface area contributed by atoms with Crippen LogP contribution in [0.15, 0.2) is 41.1 Å². The maximum atomic E-state index is 5.75. The van der Waals surface area contributed by atoms with Gasteiger partial charge in [0.15, 0.2) is 17.2 Å². The summed E-state index contributed by atoms with van der Waals surface area (Å²) >= 11 is 0. The summed E-state index contributed by atoms with van der Waals surface area (Å²) in [6.07, 6.45) is 2.88. The van der Waals surface area contributed by atoms with Crippen molar-refractivity contribution in [2.24, 2.45) is 0 Å². The zero-order valence-corrected chi connectivity index (χ0v) is 17.2. The molecule has 0 bridgehead atoms. The highest BCUT2D eigenvalue weighted by molar-refractivity contribution is 5.89. The number of nitrogens with one attached hydrogen (secondary N) is 1. The smallest absolute Gasteiger partial charge is 0.198 e. The number of ether oxygens (including phenoxy) is 2. The molecular weight excluding hydrogens is 382 g/mol. The van der Waals surface area contributed by atoms with Crippen molar-refractivity contribution in [3.63, 3.8) is 0 Å². The van der Waals surface area contributed by atoms with E-state index in [9.17, 15) is 0 Å². The predicted octanol–water partition coefficient (Wildman–Crippen LogP) is 3.82. The number of H-pyrrole nitrogens is 1. The molecule has 154 valence electrons. The molecule has 3 aromatic heterocycles. The molecule has 0 radical (unpaired) electrons. The van der Waals surface area contributed by atoms with Crippen molar-refractivity contribution in [3.05, 3.63) is 42.4 Å². The van der Waals surface area contributed by atoms with Crippen molar-refractivity contribution in [1.29, 1.82) is 0 Å². The summed E-state index contributed by atoms with van der Waals surface area (Å²) in [6, 6.07) is 9.92. The van der Waals surface area contributed by atoms with Gasteiger partial charge in [0.1, 0.15) is 22.7 Å². The van der Waals surface area contributed by atoms with Crippen molar-refractivity contribution < 1.29 is 13.9 Å². The normalized spacial score (nSPS) is 16.5. The summed E-state index contributed by atoms with van der Waals surface area (Å²) < 4.78 is 16.9. The van der Waals surface area contributed by atoms with Gasteiger partial charge >= 0.3 is 0 Å². The van der Waals surface area contributed by atoms with Crippen LogP contribution in [0.1, 0.15) is 12.2 Å². The quantitative estimate of drug-likeness (QED) is 0.540. The summed E-state index contributed by atoms with van der Waals surface area (Å²) in [5.41, 5.74) is 4.12. The van der Waals surface area contributed by atoms with E-state index in [0.717, 1.165) is 53.5 Å². The lowest BCUT2D eigenvalue weighted by Gasteiger charge is -2.20. The molecular formula is C22H23N5O3. The Hall–Kier alpha value is -3.39. The van der Waals surface area contributed by atoms with Gasteiger partial charge in [0.05, 0.1) is 19.5 Å². The fourth-order valence-corrected chi connectivity index (χ4v) is 3.88. The fourth-order valence-electron chi connectivity index (χ4n) is 3.88. The van der Waals surface area contributed by atoms with Crippen LogP contribution < -0.4 is 9.64 Å². The molecule has 1 aliphatic rings. The van der Waals surface area contributed by atoms with Crippen molar-refractivity contribution in [1.82, 2.24) is 19.9 Å². The van der Waals surface area contributed by atoms with Crippen LogP contribution in [0.3, 0.4) is 0 Å². The highest BCUT2D eigenvalue weighted by Gasteiger charge is 2.24. The molecule has 0 saturated carbocycles. The molecule has 4 heterocycles. The van der Waals surface area contributed by atoms with E-state index in [4.69, 9.17) is 18.9 Å². The number of nitrogens with zero attached hydrogens (tertiary/aromatic N) is 4. The first-order chi connectivity index (χ1) is 14.6. The Morgan fingerprint density at radius 3 is 2.80 bits per heavy atom. The van der Waals surface area contributed by atoms with Crippen LogP contribution >= 0.6 is 0 Å². The number of aryl methyl sites for hydroxylation is 1. The highest BCUT2D eigenvalue weighted by Crippen LogP contribution is 2.35. The molecule has 8 heteroatoms. The Labute approximate surface area is 173 Å². The summed E-state index contributed by atoms with van der Waals surface area (Å²) in [5.74, 6) is 2.69. The van der Waals surface area contributed by atoms with E-state index in [2.05, 4.69) is 25.9 Å².